The summed E-state index contributed by atoms with van der Waals surface area (Å²) >= 11 is 0. The van der Waals surface area contributed by atoms with Crippen LogP contribution in [-0.4, -0.2) is 60.5 Å². The van der Waals surface area contributed by atoms with Crippen molar-refractivity contribution in [1.82, 2.24) is 10.2 Å². The number of carbonyl (C=O) groups is 3. The molecule has 0 unspecified atom stereocenters. The quantitative estimate of drug-likeness (QED) is 0.290. The standard InChI is InChI=1S/C15H18N4O5/c16-10-19(15(22)23)11-2-4-12(5-3-11)24-9-1-7-18-8-6-17-13(20)14(18)21/h2-5,10,16H,1,6-9H2,(H,17,20)(H,22,23). The van der Waals surface area contributed by atoms with Gasteiger partial charge in [0.25, 0.3) is 0 Å². The van der Waals surface area contributed by atoms with E-state index >= 15 is 0 Å². The molecule has 9 heteroatoms. The van der Waals surface area contributed by atoms with Crippen LogP contribution in [0.2, 0.25) is 0 Å². The molecule has 1 fully saturated rings. The molecule has 1 aliphatic rings. The minimum absolute atomic E-state index is 0.342. The Labute approximate surface area is 138 Å². The fraction of sp³-hybridized carbons (Fsp3) is 0.333. The number of nitrogens with zero attached hydrogens (tertiary/aromatic N) is 2. The van der Waals surface area contributed by atoms with Gasteiger partial charge in [0.2, 0.25) is 0 Å². The zero-order valence-electron chi connectivity index (χ0n) is 12.9. The number of amides is 3. The summed E-state index contributed by atoms with van der Waals surface area (Å²) in [6, 6.07) is 6.28. The van der Waals surface area contributed by atoms with Crippen molar-refractivity contribution in [3.8, 4) is 5.75 Å². The van der Waals surface area contributed by atoms with Crippen LogP contribution >= 0.6 is 0 Å². The minimum Gasteiger partial charge on any atom is -0.494 e. The van der Waals surface area contributed by atoms with E-state index in [2.05, 4.69) is 5.32 Å². The number of carbonyl (C=O) groups excluding carboxylic acids is 2. The third-order valence-corrected chi connectivity index (χ3v) is 3.44. The zero-order chi connectivity index (χ0) is 17.5. The van der Waals surface area contributed by atoms with Gasteiger partial charge in [0.15, 0.2) is 0 Å². The number of hydrogen-bond acceptors (Lipinski definition) is 5. The van der Waals surface area contributed by atoms with Gasteiger partial charge in [-0.3, -0.25) is 15.0 Å². The lowest BCUT2D eigenvalue weighted by atomic mass is 10.3. The molecule has 0 saturated carbocycles. The van der Waals surface area contributed by atoms with Crippen molar-refractivity contribution in [1.29, 1.82) is 5.41 Å². The Morgan fingerprint density at radius 1 is 1.38 bits per heavy atom. The summed E-state index contributed by atoms with van der Waals surface area (Å²) in [6.45, 7) is 1.75. The van der Waals surface area contributed by atoms with Crippen molar-refractivity contribution in [2.45, 2.75) is 6.42 Å². The zero-order valence-corrected chi connectivity index (χ0v) is 12.9. The molecule has 0 bridgehead atoms. The Kier molecular flexibility index (Phi) is 5.72. The fourth-order valence-electron chi connectivity index (χ4n) is 2.23. The molecule has 0 aromatic heterocycles. The lowest BCUT2D eigenvalue weighted by Crippen LogP contribution is -2.52. The maximum Gasteiger partial charge on any atom is 0.417 e. The second-order valence-electron chi connectivity index (χ2n) is 5.03. The topological polar surface area (TPSA) is 123 Å². The number of carboxylic acid groups (broad SMARTS) is 1. The molecule has 9 nitrogen and oxygen atoms in total. The Bertz CT molecular complexity index is 631. The van der Waals surface area contributed by atoms with Crippen molar-refractivity contribution < 1.29 is 24.2 Å². The SMILES string of the molecule is N=CN(C(=O)O)c1ccc(OCCCN2CCNC(=O)C2=O)cc1. The Morgan fingerprint density at radius 3 is 2.71 bits per heavy atom. The summed E-state index contributed by atoms with van der Waals surface area (Å²) in [5.74, 6) is -0.547. The van der Waals surface area contributed by atoms with Crippen LogP contribution in [-0.2, 0) is 9.59 Å². The van der Waals surface area contributed by atoms with E-state index < -0.39 is 17.9 Å². The number of rotatable bonds is 7. The van der Waals surface area contributed by atoms with Gasteiger partial charge < -0.3 is 20.1 Å². The predicted molar refractivity (Wildman–Crippen MR) is 85.4 cm³/mol. The van der Waals surface area contributed by atoms with E-state index in [4.69, 9.17) is 15.3 Å². The van der Waals surface area contributed by atoms with Gasteiger partial charge in [0.05, 0.1) is 18.6 Å². The smallest absolute Gasteiger partial charge is 0.417 e. The van der Waals surface area contributed by atoms with Crippen LogP contribution in [0.5, 0.6) is 5.75 Å². The summed E-state index contributed by atoms with van der Waals surface area (Å²) in [6.07, 6.45) is 0.0425. The van der Waals surface area contributed by atoms with E-state index in [1.165, 1.54) is 17.0 Å². The maximum atomic E-state index is 11.6. The molecular weight excluding hydrogens is 316 g/mol. The van der Waals surface area contributed by atoms with Gasteiger partial charge >= 0.3 is 17.9 Å². The molecule has 3 amide bonds. The summed E-state index contributed by atoms with van der Waals surface area (Å²) < 4.78 is 5.53. The van der Waals surface area contributed by atoms with Gasteiger partial charge in [-0.05, 0) is 30.7 Å². The van der Waals surface area contributed by atoms with Crippen molar-refractivity contribution in [3.63, 3.8) is 0 Å². The second kappa shape index (κ2) is 7.95. The van der Waals surface area contributed by atoms with Crippen LogP contribution in [0.3, 0.4) is 0 Å². The third kappa shape index (κ3) is 4.22. The van der Waals surface area contributed by atoms with Crippen molar-refractivity contribution in [3.05, 3.63) is 24.3 Å². The molecule has 1 heterocycles. The summed E-state index contributed by atoms with van der Waals surface area (Å²) in [5.41, 5.74) is 0.342. The van der Waals surface area contributed by atoms with Gasteiger partial charge in [-0.25, -0.2) is 9.69 Å². The molecule has 1 aromatic rings. The molecule has 0 spiro atoms. The first kappa shape index (κ1) is 17.3. The van der Waals surface area contributed by atoms with Crippen LogP contribution in [0.25, 0.3) is 0 Å². The molecule has 2 rings (SSSR count). The first-order chi connectivity index (χ1) is 11.5. The number of benzene rings is 1. The second-order valence-corrected chi connectivity index (χ2v) is 5.03. The number of piperazine rings is 1. The van der Waals surface area contributed by atoms with Crippen LogP contribution in [0.15, 0.2) is 24.3 Å². The van der Waals surface area contributed by atoms with Gasteiger partial charge in [0, 0.05) is 19.6 Å². The Morgan fingerprint density at radius 2 is 2.08 bits per heavy atom. The molecule has 0 radical (unpaired) electrons. The van der Waals surface area contributed by atoms with E-state index in [-0.39, 0.29) is 0 Å². The van der Waals surface area contributed by atoms with E-state index in [0.29, 0.717) is 50.4 Å². The Balaban J connectivity index is 1.78. The summed E-state index contributed by atoms with van der Waals surface area (Å²) in [7, 11) is 0. The monoisotopic (exact) mass is 334 g/mol. The highest BCUT2D eigenvalue weighted by atomic mass is 16.5. The first-order valence-electron chi connectivity index (χ1n) is 7.35. The maximum absolute atomic E-state index is 11.6. The highest BCUT2D eigenvalue weighted by Crippen LogP contribution is 2.19. The summed E-state index contributed by atoms with van der Waals surface area (Å²) in [5, 5.41) is 18.5. The van der Waals surface area contributed by atoms with Crippen molar-refractivity contribution in [2.75, 3.05) is 31.1 Å². The number of ether oxygens (including phenoxy) is 1. The molecular formula is C15H18N4O5. The average molecular weight is 334 g/mol. The predicted octanol–water partition coefficient (Wildman–Crippen LogP) is 0.505. The molecule has 128 valence electrons. The van der Waals surface area contributed by atoms with Gasteiger partial charge in [-0.15, -0.1) is 0 Å². The molecule has 1 aliphatic heterocycles. The van der Waals surface area contributed by atoms with Gasteiger partial charge in [-0.2, -0.15) is 0 Å². The third-order valence-electron chi connectivity index (χ3n) is 3.44. The minimum atomic E-state index is -1.24. The highest BCUT2D eigenvalue weighted by Gasteiger charge is 2.25. The number of hydrogen-bond donors (Lipinski definition) is 3. The van der Waals surface area contributed by atoms with Crippen LogP contribution in [0, 0.1) is 5.41 Å². The lowest BCUT2D eigenvalue weighted by molar-refractivity contribution is -0.148. The van der Waals surface area contributed by atoms with E-state index in [1.54, 1.807) is 12.1 Å². The van der Waals surface area contributed by atoms with E-state index in [9.17, 15) is 14.4 Å². The fourth-order valence-corrected chi connectivity index (χ4v) is 2.23. The molecule has 3 N–H and O–H groups in total. The average Bonchev–Trinajstić information content (AvgIpc) is 2.57. The van der Waals surface area contributed by atoms with Crippen LogP contribution in [0.1, 0.15) is 6.42 Å². The number of anilines is 1. The largest absolute Gasteiger partial charge is 0.494 e. The number of nitrogens with one attached hydrogen (secondary N) is 2. The van der Waals surface area contributed by atoms with Crippen LogP contribution < -0.4 is 15.0 Å². The van der Waals surface area contributed by atoms with Crippen LogP contribution in [0.4, 0.5) is 10.5 Å². The first-order valence-corrected chi connectivity index (χ1v) is 7.35. The highest BCUT2D eigenvalue weighted by molar-refractivity contribution is 6.35. The molecule has 24 heavy (non-hydrogen) atoms. The van der Waals surface area contributed by atoms with Crippen molar-refractivity contribution >= 4 is 29.9 Å². The normalized spacial score (nSPS) is 14.1. The molecule has 0 aliphatic carbocycles. The molecule has 0 atom stereocenters. The van der Waals surface area contributed by atoms with E-state index in [1.807, 2.05) is 0 Å². The Hall–Kier alpha value is -3.10. The van der Waals surface area contributed by atoms with Gasteiger partial charge in [0.1, 0.15) is 5.75 Å². The molecule has 1 saturated heterocycles. The van der Waals surface area contributed by atoms with E-state index in [0.717, 1.165) is 4.90 Å². The molecule has 1 aromatic carbocycles. The lowest BCUT2D eigenvalue weighted by Gasteiger charge is -2.26. The van der Waals surface area contributed by atoms with Crippen molar-refractivity contribution in [2.24, 2.45) is 0 Å². The summed E-state index contributed by atoms with van der Waals surface area (Å²) in [4.78, 5) is 36.0. The van der Waals surface area contributed by atoms with Gasteiger partial charge in [-0.1, -0.05) is 0 Å².